The quantitative estimate of drug-likeness (QED) is 0.934. The molecule has 5 heteroatoms. The summed E-state index contributed by atoms with van der Waals surface area (Å²) >= 11 is 0. The van der Waals surface area contributed by atoms with Gasteiger partial charge in [-0.15, -0.1) is 0 Å². The standard InChI is InChI=1S/C16H20N4O/c1-21-15-5-3-2-4-14(15)19-8-10-20(11-9-19)16-12-13(17)6-7-18-16/h2-7,12H,8-11H2,1H3,(H2,17,18). The molecule has 5 nitrogen and oxygen atoms in total. The van der Waals surface area contributed by atoms with E-state index >= 15 is 0 Å². The number of benzene rings is 1. The van der Waals surface area contributed by atoms with Crippen molar-refractivity contribution >= 4 is 17.2 Å². The first-order valence-corrected chi connectivity index (χ1v) is 7.12. The lowest BCUT2D eigenvalue weighted by molar-refractivity contribution is 0.413. The molecular weight excluding hydrogens is 264 g/mol. The van der Waals surface area contributed by atoms with E-state index in [-0.39, 0.29) is 0 Å². The Morgan fingerprint density at radius 3 is 2.48 bits per heavy atom. The fourth-order valence-electron chi connectivity index (χ4n) is 2.67. The highest BCUT2D eigenvalue weighted by Crippen LogP contribution is 2.29. The number of pyridine rings is 1. The smallest absolute Gasteiger partial charge is 0.142 e. The molecule has 0 spiro atoms. The number of piperazine rings is 1. The van der Waals surface area contributed by atoms with Gasteiger partial charge in [0.15, 0.2) is 0 Å². The van der Waals surface area contributed by atoms with Gasteiger partial charge in [-0.25, -0.2) is 4.98 Å². The van der Waals surface area contributed by atoms with Crippen molar-refractivity contribution in [1.29, 1.82) is 0 Å². The first-order chi connectivity index (χ1) is 10.3. The number of nitrogens with two attached hydrogens (primary N) is 1. The third-order valence-electron chi connectivity index (χ3n) is 3.80. The van der Waals surface area contributed by atoms with Crippen LogP contribution in [-0.4, -0.2) is 38.3 Å². The molecule has 0 bridgehead atoms. The minimum Gasteiger partial charge on any atom is -0.495 e. The minimum absolute atomic E-state index is 0.757. The highest BCUT2D eigenvalue weighted by molar-refractivity contribution is 5.60. The second-order valence-corrected chi connectivity index (χ2v) is 5.09. The third-order valence-corrected chi connectivity index (χ3v) is 3.80. The highest BCUT2D eigenvalue weighted by atomic mass is 16.5. The Balaban J connectivity index is 1.70. The zero-order chi connectivity index (χ0) is 14.7. The van der Waals surface area contributed by atoms with E-state index in [0.717, 1.165) is 49.1 Å². The summed E-state index contributed by atoms with van der Waals surface area (Å²) in [5.41, 5.74) is 7.74. The number of hydrogen-bond donors (Lipinski definition) is 1. The number of methoxy groups -OCH3 is 1. The molecular formula is C16H20N4O. The molecule has 0 radical (unpaired) electrons. The highest BCUT2D eigenvalue weighted by Gasteiger charge is 2.20. The molecule has 0 unspecified atom stereocenters. The molecule has 1 fully saturated rings. The van der Waals surface area contributed by atoms with E-state index in [0.29, 0.717) is 0 Å². The number of aromatic nitrogens is 1. The minimum atomic E-state index is 0.757. The van der Waals surface area contributed by atoms with Crippen molar-refractivity contribution in [3.63, 3.8) is 0 Å². The van der Waals surface area contributed by atoms with Gasteiger partial charge in [0.1, 0.15) is 11.6 Å². The first-order valence-electron chi connectivity index (χ1n) is 7.12. The van der Waals surface area contributed by atoms with E-state index < -0.39 is 0 Å². The van der Waals surface area contributed by atoms with Crippen LogP contribution >= 0.6 is 0 Å². The van der Waals surface area contributed by atoms with Crippen molar-refractivity contribution in [2.24, 2.45) is 0 Å². The Labute approximate surface area is 125 Å². The summed E-state index contributed by atoms with van der Waals surface area (Å²) in [5.74, 6) is 1.88. The molecule has 21 heavy (non-hydrogen) atoms. The van der Waals surface area contributed by atoms with Crippen LogP contribution in [-0.2, 0) is 0 Å². The molecule has 0 atom stereocenters. The number of anilines is 3. The summed E-state index contributed by atoms with van der Waals surface area (Å²) in [4.78, 5) is 9.01. The molecule has 2 aromatic rings. The van der Waals surface area contributed by atoms with Gasteiger partial charge in [-0.3, -0.25) is 0 Å². The molecule has 1 aliphatic rings. The largest absolute Gasteiger partial charge is 0.495 e. The summed E-state index contributed by atoms with van der Waals surface area (Å²) in [5, 5.41) is 0. The van der Waals surface area contributed by atoms with Gasteiger partial charge in [-0.2, -0.15) is 0 Å². The van der Waals surface area contributed by atoms with E-state index in [1.165, 1.54) is 0 Å². The van der Waals surface area contributed by atoms with E-state index in [2.05, 4.69) is 20.9 Å². The maximum Gasteiger partial charge on any atom is 0.142 e. The average Bonchev–Trinajstić information content (AvgIpc) is 2.55. The van der Waals surface area contributed by atoms with Crippen LogP contribution in [0.1, 0.15) is 0 Å². The predicted molar refractivity (Wildman–Crippen MR) is 86.1 cm³/mol. The van der Waals surface area contributed by atoms with Crippen LogP contribution in [0.4, 0.5) is 17.2 Å². The van der Waals surface area contributed by atoms with Gasteiger partial charge in [0.2, 0.25) is 0 Å². The number of hydrogen-bond acceptors (Lipinski definition) is 5. The van der Waals surface area contributed by atoms with Crippen LogP contribution in [0.5, 0.6) is 5.75 Å². The first kappa shape index (κ1) is 13.5. The second kappa shape index (κ2) is 5.91. The third kappa shape index (κ3) is 2.86. The molecule has 0 aliphatic carbocycles. The Bertz CT molecular complexity index is 609. The average molecular weight is 284 g/mol. The lowest BCUT2D eigenvalue weighted by Crippen LogP contribution is -2.46. The number of nitrogen functional groups attached to an aromatic ring is 1. The van der Waals surface area contributed by atoms with Crippen LogP contribution in [0, 0.1) is 0 Å². The molecule has 1 aromatic heterocycles. The van der Waals surface area contributed by atoms with Gasteiger partial charge < -0.3 is 20.3 Å². The van der Waals surface area contributed by atoms with Crippen LogP contribution < -0.4 is 20.3 Å². The van der Waals surface area contributed by atoms with Gasteiger partial charge in [0.25, 0.3) is 0 Å². The van der Waals surface area contributed by atoms with Gasteiger partial charge in [0, 0.05) is 44.1 Å². The van der Waals surface area contributed by atoms with Gasteiger partial charge in [0.05, 0.1) is 12.8 Å². The van der Waals surface area contributed by atoms with Gasteiger partial charge in [-0.1, -0.05) is 12.1 Å². The van der Waals surface area contributed by atoms with E-state index in [9.17, 15) is 0 Å². The topological polar surface area (TPSA) is 54.6 Å². The summed E-state index contributed by atoms with van der Waals surface area (Å²) in [6.45, 7) is 3.73. The molecule has 1 saturated heterocycles. The second-order valence-electron chi connectivity index (χ2n) is 5.09. The van der Waals surface area contributed by atoms with E-state index in [1.54, 1.807) is 13.3 Å². The summed E-state index contributed by atoms with van der Waals surface area (Å²) in [6.07, 6.45) is 1.76. The van der Waals surface area contributed by atoms with E-state index in [1.807, 2.05) is 30.3 Å². The summed E-state index contributed by atoms with van der Waals surface area (Å²) < 4.78 is 5.44. The van der Waals surface area contributed by atoms with E-state index in [4.69, 9.17) is 10.5 Å². The van der Waals surface area contributed by atoms with Crippen LogP contribution in [0.25, 0.3) is 0 Å². The number of nitrogens with zero attached hydrogens (tertiary/aromatic N) is 3. The Kier molecular flexibility index (Phi) is 3.81. The maximum atomic E-state index is 5.83. The monoisotopic (exact) mass is 284 g/mol. The lowest BCUT2D eigenvalue weighted by Gasteiger charge is -2.37. The molecule has 0 saturated carbocycles. The summed E-state index contributed by atoms with van der Waals surface area (Å²) in [7, 11) is 1.71. The molecule has 110 valence electrons. The van der Waals surface area contributed by atoms with Crippen molar-refractivity contribution < 1.29 is 4.74 Å². The fraction of sp³-hybridized carbons (Fsp3) is 0.312. The van der Waals surface area contributed by atoms with Crippen molar-refractivity contribution in [3.8, 4) is 5.75 Å². The SMILES string of the molecule is COc1ccccc1N1CCN(c2cc(N)ccn2)CC1. The van der Waals surface area contributed by atoms with Crippen molar-refractivity contribution in [3.05, 3.63) is 42.6 Å². The van der Waals surface area contributed by atoms with Crippen LogP contribution in [0.15, 0.2) is 42.6 Å². The van der Waals surface area contributed by atoms with Crippen LogP contribution in [0.2, 0.25) is 0 Å². The van der Waals surface area contributed by atoms with Gasteiger partial charge in [-0.05, 0) is 18.2 Å². The number of ether oxygens (including phenoxy) is 1. The Morgan fingerprint density at radius 2 is 1.76 bits per heavy atom. The Morgan fingerprint density at radius 1 is 1.05 bits per heavy atom. The predicted octanol–water partition coefficient (Wildman–Crippen LogP) is 2.00. The molecule has 3 rings (SSSR count). The molecule has 0 amide bonds. The molecule has 1 aliphatic heterocycles. The zero-order valence-corrected chi connectivity index (χ0v) is 12.2. The zero-order valence-electron chi connectivity index (χ0n) is 12.2. The molecule has 2 heterocycles. The van der Waals surface area contributed by atoms with Gasteiger partial charge >= 0.3 is 0 Å². The van der Waals surface area contributed by atoms with Crippen molar-refractivity contribution in [2.45, 2.75) is 0 Å². The number of para-hydroxylation sites is 2. The van der Waals surface area contributed by atoms with Crippen molar-refractivity contribution in [1.82, 2.24) is 4.98 Å². The summed E-state index contributed by atoms with van der Waals surface area (Å²) in [6, 6.07) is 11.9. The molecule has 2 N–H and O–H groups in total. The Hall–Kier alpha value is -2.43. The number of rotatable bonds is 3. The lowest BCUT2D eigenvalue weighted by atomic mass is 10.2. The maximum absolute atomic E-state index is 5.83. The fourth-order valence-corrected chi connectivity index (χ4v) is 2.67. The normalized spacial score (nSPS) is 15.1. The van der Waals surface area contributed by atoms with Crippen molar-refractivity contribution in [2.75, 3.05) is 48.8 Å². The van der Waals surface area contributed by atoms with Crippen LogP contribution in [0.3, 0.4) is 0 Å². The molecule has 1 aromatic carbocycles.